The van der Waals surface area contributed by atoms with Crippen molar-refractivity contribution in [2.45, 2.75) is 27.7 Å². The molecule has 0 heterocycles. The molecule has 1 aromatic rings. The molecule has 1 rings (SSSR count). The van der Waals surface area contributed by atoms with Crippen molar-refractivity contribution in [3.05, 3.63) is 54.3 Å². The number of anilines is 1. The number of rotatable bonds is 3. The smallest absolute Gasteiger partial charge is 0.0384 e. The van der Waals surface area contributed by atoms with Crippen LogP contribution < -0.4 is 5.32 Å². The Morgan fingerprint density at radius 2 is 1.73 bits per heavy atom. The molecule has 0 radical (unpaired) electrons. The van der Waals surface area contributed by atoms with Crippen molar-refractivity contribution < 1.29 is 0 Å². The van der Waals surface area contributed by atoms with E-state index in [1.807, 2.05) is 45.1 Å². The summed E-state index contributed by atoms with van der Waals surface area (Å²) in [7, 11) is 0. The van der Waals surface area contributed by atoms with Gasteiger partial charge in [0.1, 0.15) is 0 Å². The SMILES string of the molecule is C=C(/C=C/C)Nc1ccc(C)cc1.CC. The molecule has 0 bridgehead atoms. The van der Waals surface area contributed by atoms with Gasteiger partial charge in [-0.1, -0.05) is 44.2 Å². The summed E-state index contributed by atoms with van der Waals surface area (Å²) in [6.07, 6.45) is 3.91. The fourth-order valence-corrected chi connectivity index (χ4v) is 1.07. The summed E-state index contributed by atoms with van der Waals surface area (Å²) >= 11 is 0. The zero-order valence-electron chi connectivity index (χ0n) is 10.2. The second kappa shape index (κ2) is 7.86. The summed E-state index contributed by atoms with van der Waals surface area (Å²) in [5.74, 6) is 0. The van der Waals surface area contributed by atoms with Gasteiger partial charge in [0, 0.05) is 11.4 Å². The van der Waals surface area contributed by atoms with Gasteiger partial charge in [0.25, 0.3) is 0 Å². The summed E-state index contributed by atoms with van der Waals surface area (Å²) in [4.78, 5) is 0. The predicted molar refractivity (Wildman–Crippen MR) is 70.1 cm³/mol. The molecule has 0 aliphatic carbocycles. The van der Waals surface area contributed by atoms with E-state index in [4.69, 9.17) is 0 Å². The lowest BCUT2D eigenvalue weighted by Gasteiger charge is -2.05. The van der Waals surface area contributed by atoms with Crippen molar-refractivity contribution in [3.63, 3.8) is 0 Å². The molecule has 15 heavy (non-hydrogen) atoms. The van der Waals surface area contributed by atoms with Crippen LogP contribution in [0.1, 0.15) is 26.3 Å². The number of nitrogens with one attached hydrogen (secondary N) is 1. The highest BCUT2D eigenvalue weighted by molar-refractivity contribution is 5.50. The predicted octanol–water partition coefficient (Wildman–Crippen LogP) is 4.52. The molecule has 0 saturated carbocycles. The van der Waals surface area contributed by atoms with Crippen molar-refractivity contribution >= 4 is 5.69 Å². The average Bonchev–Trinajstić information content (AvgIpc) is 2.25. The Morgan fingerprint density at radius 1 is 1.20 bits per heavy atom. The Hall–Kier alpha value is -1.50. The zero-order valence-corrected chi connectivity index (χ0v) is 10.2. The van der Waals surface area contributed by atoms with Crippen LogP contribution in [0.2, 0.25) is 0 Å². The van der Waals surface area contributed by atoms with Crippen LogP contribution in [-0.4, -0.2) is 0 Å². The summed E-state index contributed by atoms with van der Waals surface area (Å²) in [6, 6.07) is 8.24. The molecule has 1 heteroatoms. The van der Waals surface area contributed by atoms with Gasteiger partial charge in [0.2, 0.25) is 0 Å². The number of hydrogen-bond donors (Lipinski definition) is 1. The van der Waals surface area contributed by atoms with Crippen LogP contribution in [-0.2, 0) is 0 Å². The van der Waals surface area contributed by atoms with Crippen LogP contribution in [0.3, 0.4) is 0 Å². The molecule has 0 amide bonds. The minimum atomic E-state index is 0.909. The molecule has 0 spiro atoms. The van der Waals surface area contributed by atoms with Crippen molar-refractivity contribution in [3.8, 4) is 0 Å². The first-order valence-corrected chi connectivity index (χ1v) is 5.37. The van der Waals surface area contributed by atoms with E-state index in [1.165, 1.54) is 5.56 Å². The first kappa shape index (κ1) is 13.5. The monoisotopic (exact) mass is 203 g/mol. The average molecular weight is 203 g/mol. The lowest BCUT2D eigenvalue weighted by atomic mass is 10.2. The lowest BCUT2D eigenvalue weighted by molar-refractivity contribution is 1.43. The van der Waals surface area contributed by atoms with Crippen molar-refractivity contribution in [2.75, 3.05) is 5.32 Å². The lowest BCUT2D eigenvalue weighted by Crippen LogP contribution is -1.94. The van der Waals surface area contributed by atoms with Crippen LogP contribution >= 0.6 is 0 Å². The highest BCUT2D eigenvalue weighted by Gasteiger charge is 1.90. The molecule has 1 N–H and O–H groups in total. The second-order valence-corrected chi connectivity index (χ2v) is 3.02. The van der Waals surface area contributed by atoms with Crippen LogP contribution in [0, 0.1) is 6.92 Å². The molecule has 0 aliphatic rings. The standard InChI is InChI=1S/C12H15N.C2H6/c1-4-5-11(3)13-12-8-6-10(2)7-9-12;1-2/h4-9,13H,3H2,1-2H3;1-2H3/b5-4+;. The Kier molecular flexibility index (Phi) is 7.08. The fourth-order valence-electron chi connectivity index (χ4n) is 1.07. The van der Waals surface area contributed by atoms with Gasteiger partial charge in [-0.05, 0) is 32.1 Å². The van der Waals surface area contributed by atoms with E-state index in [1.54, 1.807) is 0 Å². The minimum Gasteiger partial charge on any atom is -0.356 e. The van der Waals surface area contributed by atoms with E-state index in [2.05, 4.69) is 31.0 Å². The normalized spacial score (nSPS) is 9.33. The van der Waals surface area contributed by atoms with E-state index in [0.29, 0.717) is 0 Å². The third-order valence-electron chi connectivity index (χ3n) is 1.72. The molecule has 0 saturated heterocycles. The van der Waals surface area contributed by atoms with Crippen LogP contribution in [0.5, 0.6) is 0 Å². The van der Waals surface area contributed by atoms with Crippen LogP contribution in [0.25, 0.3) is 0 Å². The Balaban J connectivity index is 0.000000921. The maximum Gasteiger partial charge on any atom is 0.0384 e. The van der Waals surface area contributed by atoms with Gasteiger partial charge < -0.3 is 5.32 Å². The topological polar surface area (TPSA) is 12.0 Å². The van der Waals surface area contributed by atoms with Gasteiger partial charge in [0.15, 0.2) is 0 Å². The quantitative estimate of drug-likeness (QED) is 0.712. The molecule has 0 atom stereocenters. The highest BCUT2D eigenvalue weighted by Crippen LogP contribution is 2.10. The first-order chi connectivity index (χ1) is 7.22. The number of hydrogen-bond acceptors (Lipinski definition) is 1. The number of allylic oxidation sites excluding steroid dienone is 2. The third kappa shape index (κ3) is 5.74. The molecular formula is C14H21N. The molecule has 1 aromatic carbocycles. The highest BCUT2D eigenvalue weighted by atomic mass is 14.9. The van der Waals surface area contributed by atoms with Crippen LogP contribution in [0.4, 0.5) is 5.69 Å². The van der Waals surface area contributed by atoms with Crippen molar-refractivity contribution in [2.24, 2.45) is 0 Å². The molecule has 82 valence electrons. The van der Waals surface area contributed by atoms with Gasteiger partial charge in [-0.3, -0.25) is 0 Å². The van der Waals surface area contributed by atoms with E-state index < -0.39 is 0 Å². The summed E-state index contributed by atoms with van der Waals surface area (Å²) in [5.41, 5.74) is 3.25. The van der Waals surface area contributed by atoms with Gasteiger partial charge in [-0.2, -0.15) is 0 Å². The molecular weight excluding hydrogens is 182 g/mol. The van der Waals surface area contributed by atoms with Gasteiger partial charge >= 0.3 is 0 Å². The molecule has 0 aliphatic heterocycles. The summed E-state index contributed by atoms with van der Waals surface area (Å²) < 4.78 is 0. The largest absolute Gasteiger partial charge is 0.356 e. The minimum absolute atomic E-state index is 0.909. The van der Waals surface area contributed by atoms with Gasteiger partial charge in [0.05, 0.1) is 0 Å². The van der Waals surface area contributed by atoms with Crippen molar-refractivity contribution in [1.82, 2.24) is 0 Å². The van der Waals surface area contributed by atoms with E-state index >= 15 is 0 Å². The Morgan fingerprint density at radius 3 is 2.20 bits per heavy atom. The third-order valence-corrected chi connectivity index (χ3v) is 1.72. The zero-order chi connectivity index (χ0) is 11.7. The number of aryl methyl sites for hydroxylation is 1. The van der Waals surface area contributed by atoms with E-state index in [-0.39, 0.29) is 0 Å². The maximum atomic E-state index is 3.86. The molecule has 1 nitrogen and oxygen atoms in total. The van der Waals surface area contributed by atoms with Gasteiger partial charge in [-0.25, -0.2) is 0 Å². The van der Waals surface area contributed by atoms with Crippen LogP contribution in [0.15, 0.2) is 48.7 Å². The molecule has 0 unspecified atom stereocenters. The molecule has 0 aromatic heterocycles. The van der Waals surface area contributed by atoms with E-state index in [0.717, 1.165) is 11.4 Å². The first-order valence-electron chi connectivity index (χ1n) is 5.37. The Labute approximate surface area is 93.5 Å². The summed E-state index contributed by atoms with van der Waals surface area (Å²) in [6.45, 7) is 11.9. The Bertz CT molecular complexity index is 307. The van der Waals surface area contributed by atoms with Crippen molar-refractivity contribution in [1.29, 1.82) is 0 Å². The van der Waals surface area contributed by atoms with E-state index in [9.17, 15) is 0 Å². The summed E-state index contributed by atoms with van der Waals surface area (Å²) in [5, 5.41) is 3.19. The second-order valence-electron chi connectivity index (χ2n) is 3.02. The maximum absolute atomic E-state index is 3.86. The fraction of sp³-hybridized carbons (Fsp3) is 0.286. The van der Waals surface area contributed by atoms with Gasteiger partial charge in [-0.15, -0.1) is 0 Å². The number of benzene rings is 1. The molecule has 0 fully saturated rings.